The SMILES string of the molecule is CCC(CSC)N(C)Cc1c(CNC)oc2ccccc12. The Morgan fingerprint density at radius 2 is 2.10 bits per heavy atom. The van der Waals surface area contributed by atoms with Crippen molar-refractivity contribution in [1.29, 1.82) is 0 Å². The van der Waals surface area contributed by atoms with E-state index < -0.39 is 0 Å². The summed E-state index contributed by atoms with van der Waals surface area (Å²) in [6, 6.07) is 8.94. The van der Waals surface area contributed by atoms with Gasteiger partial charge in [-0.25, -0.2) is 0 Å². The predicted octanol–water partition coefficient (Wildman–Crippen LogP) is 3.73. The monoisotopic (exact) mass is 306 g/mol. The summed E-state index contributed by atoms with van der Waals surface area (Å²) < 4.78 is 6.02. The zero-order valence-corrected chi connectivity index (χ0v) is 14.3. The molecule has 0 amide bonds. The van der Waals surface area contributed by atoms with Crippen LogP contribution in [-0.2, 0) is 13.1 Å². The van der Waals surface area contributed by atoms with Crippen molar-refractivity contribution in [2.24, 2.45) is 0 Å². The molecule has 0 bridgehead atoms. The van der Waals surface area contributed by atoms with E-state index in [0.717, 1.165) is 24.4 Å². The van der Waals surface area contributed by atoms with Crippen molar-refractivity contribution in [3.63, 3.8) is 0 Å². The summed E-state index contributed by atoms with van der Waals surface area (Å²) in [7, 11) is 4.18. The van der Waals surface area contributed by atoms with Crippen molar-refractivity contribution in [2.45, 2.75) is 32.5 Å². The Balaban J connectivity index is 2.28. The van der Waals surface area contributed by atoms with Crippen LogP contribution in [0.15, 0.2) is 28.7 Å². The lowest BCUT2D eigenvalue weighted by Crippen LogP contribution is -2.33. The first kappa shape index (κ1) is 16.4. The fourth-order valence-corrected chi connectivity index (χ4v) is 3.63. The third-order valence-electron chi connectivity index (χ3n) is 3.98. The number of fused-ring (bicyclic) bond motifs is 1. The molecule has 1 aromatic carbocycles. The minimum Gasteiger partial charge on any atom is -0.459 e. The molecule has 2 rings (SSSR count). The van der Waals surface area contributed by atoms with Crippen LogP contribution in [0.1, 0.15) is 24.7 Å². The van der Waals surface area contributed by atoms with Crippen molar-refractivity contribution in [1.82, 2.24) is 10.2 Å². The minimum atomic E-state index is 0.607. The fourth-order valence-electron chi connectivity index (χ4n) is 2.75. The molecule has 2 aromatic rings. The lowest BCUT2D eigenvalue weighted by Gasteiger charge is -2.26. The molecule has 0 radical (unpaired) electrons. The molecule has 21 heavy (non-hydrogen) atoms. The summed E-state index contributed by atoms with van der Waals surface area (Å²) >= 11 is 1.92. The van der Waals surface area contributed by atoms with E-state index >= 15 is 0 Å². The molecule has 116 valence electrons. The van der Waals surface area contributed by atoms with Crippen LogP contribution in [0.25, 0.3) is 11.0 Å². The average Bonchev–Trinajstić information content (AvgIpc) is 2.83. The Bertz CT molecular complexity index is 567. The summed E-state index contributed by atoms with van der Waals surface area (Å²) in [6.45, 7) is 3.98. The molecule has 0 fully saturated rings. The van der Waals surface area contributed by atoms with E-state index in [1.54, 1.807) is 0 Å². The molecule has 0 aliphatic carbocycles. The van der Waals surface area contributed by atoms with Gasteiger partial charge < -0.3 is 9.73 Å². The number of nitrogens with zero attached hydrogens (tertiary/aromatic N) is 1. The van der Waals surface area contributed by atoms with Gasteiger partial charge in [0.15, 0.2) is 0 Å². The second kappa shape index (κ2) is 7.87. The number of benzene rings is 1. The summed E-state index contributed by atoms with van der Waals surface area (Å²) in [4.78, 5) is 2.45. The third-order valence-corrected chi connectivity index (χ3v) is 4.70. The molecular weight excluding hydrogens is 280 g/mol. The van der Waals surface area contributed by atoms with Gasteiger partial charge in [-0.1, -0.05) is 25.1 Å². The smallest absolute Gasteiger partial charge is 0.134 e. The first-order valence-electron chi connectivity index (χ1n) is 7.54. The van der Waals surface area contributed by atoms with E-state index in [-0.39, 0.29) is 0 Å². The van der Waals surface area contributed by atoms with E-state index in [2.05, 4.69) is 48.6 Å². The standard InChI is InChI=1S/C17H26N2OS/c1-5-13(12-21-4)19(3)11-15-14-8-6-7-9-16(14)20-17(15)10-18-2/h6-9,13,18H,5,10-12H2,1-4H3. The van der Waals surface area contributed by atoms with Crippen LogP contribution < -0.4 is 5.32 Å². The zero-order valence-electron chi connectivity index (χ0n) is 13.5. The van der Waals surface area contributed by atoms with Crippen LogP contribution in [0, 0.1) is 0 Å². The molecular formula is C17H26N2OS. The van der Waals surface area contributed by atoms with Crippen LogP contribution in [-0.4, -0.2) is 37.0 Å². The third kappa shape index (κ3) is 3.82. The van der Waals surface area contributed by atoms with E-state index in [9.17, 15) is 0 Å². The summed E-state index contributed by atoms with van der Waals surface area (Å²) in [5.41, 5.74) is 2.31. The maximum absolute atomic E-state index is 6.02. The summed E-state index contributed by atoms with van der Waals surface area (Å²) in [5, 5.41) is 4.45. The number of thioether (sulfide) groups is 1. The first-order chi connectivity index (χ1) is 10.2. The van der Waals surface area contributed by atoms with E-state index in [1.807, 2.05) is 24.9 Å². The molecule has 1 N–H and O–H groups in total. The molecule has 3 nitrogen and oxygen atoms in total. The number of hydrogen-bond donors (Lipinski definition) is 1. The molecule has 0 aliphatic rings. The van der Waals surface area contributed by atoms with Gasteiger partial charge in [0, 0.05) is 29.3 Å². The van der Waals surface area contributed by atoms with Crippen molar-refractivity contribution >= 4 is 22.7 Å². The second-order valence-corrected chi connectivity index (χ2v) is 6.37. The molecule has 1 heterocycles. The van der Waals surface area contributed by atoms with Gasteiger partial charge in [-0.05, 0) is 32.8 Å². The highest BCUT2D eigenvalue weighted by Gasteiger charge is 2.18. The van der Waals surface area contributed by atoms with Gasteiger partial charge in [-0.3, -0.25) is 4.90 Å². The highest BCUT2D eigenvalue weighted by atomic mass is 32.2. The van der Waals surface area contributed by atoms with Gasteiger partial charge in [0.05, 0.1) is 6.54 Å². The molecule has 1 aromatic heterocycles. The molecule has 4 heteroatoms. The minimum absolute atomic E-state index is 0.607. The number of hydrogen-bond acceptors (Lipinski definition) is 4. The highest BCUT2D eigenvalue weighted by Crippen LogP contribution is 2.27. The summed E-state index contributed by atoms with van der Waals surface area (Å²) in [6.07, 6.45) is 3.35. The number of nitrogens with one attached hydrogen (secondary N) is 1. The van der Waals surface area contributed by atoms with Crippen LogP contribution >= 0.6 is 11.8 Å². The van der Waals surface area contributed by atoms with Crippen molar-refractivity contribution in [2.75, 3.05) is 26.1 Å². The van der Waals surface area contributed by atoms with Crippen LogP contribution in [0.4, 0.5) is 0 Å². The largest absolute Gasteiger partial charge is 0.459 e. The fraction of sp³-hybridized carbons (Fsp3) is 0.529. The van der Waals surface area contributed by atoms with Gasteiger partial charge in [0.25, 0.3) is 0 Å². The Morgan fingerprint density at radius 1 is 1.33 bits per heavy atom. The van der Waals surface area contributed by atoms with Crippen LogP contribution in [0.5, 0.6) is 0 Å². The second-order valence-electron chi connectivity index (χ2n) is 5.46. The summed E-state index contributed by atoms with van der Waals surface area (Å²) in [5.74, 6) is 2.23. The van der Waals surface area contributed by atoms with Gasteiger partial charge in [0.1, 0.15) is 11.3 Å². The topological polar surface area (TPSA) is 28.4 Å². The number of rotatable bonds is 8. The number of para-hydroxylation sites is 1. The Morgan fingerprint density at radius 3 is 2.76 bits per heavy atom. The van der Waals surface area contributed by atoms with Crippen molar-refractivity contribution < 1.29 is 4.42 Å². The van der Waals surface area contributed by atoms with Gasteiger partial charge >= 0.3 is 0 Å². The molecule has 1 unspecified atom stereocenters. The maximum atomic E-state index is 6.02. The van der Waals surface area contributed by atoms with E-state index in [0.29, 0.717) is 6.04 Å². The normalized spacial score (nSPS) is 13.2. The van der Waals surface area contributed by atoms with E-state index in [4.69, 9.17) is 4.42 Å². The van der Waals surface area contributed by atoms with Crippen molar-refractivity contribution in [3.8, 4) is 0 Å². The Kier molecular flexibility index (Phi) is 6.15. The zero-order chi connectivity index (χ0) is 15.2. The molecule has 0 saturated heterocycles. The molecule has 0 saturated carbocycles. The average molecular weight is 306 g/mol. The highest BCUT2D eigenvalue weighted by molar-refractivity contribution is 7.98. The Hall–Kier alpha value is -0.970. The molecule has 0 aliphatic heterocycles. The van der Waals surface area contributed by atoms with Crippen LogP contribution in [0.3, 0.4) is 0 Å². The molecule has 1 atom stereocenters. The van der Waals surface area contributed by atoms with E-state index in [1.165, 1.54) is 23.1 Å². The number of furan rings is 1. The van der Waals surface area contributed by atoms with Crippen LogP contribution in [0.2, 0.25) is 0 Å². The van der Waals surface area contributed by atoms with Gasteiger partial charge in [0.2, 0.25) is 0 Å². The maximum Gasteiger partial charge on any atom is 0.134 e. The first-order valence-corrected chi connectivity index (χ1v) is 8.93. The Labute approximate surface area is 132 Å². The quantitative estimate of drug-likeness (QED) is 0.804. The van der Waals surface area contributed by atoms with Gasteiger partial charge in [-0.15, -0.1) is 0 Å². The molecule has 0 spiro atoms. The predicted molar refractivity (Wildman–Crippen MR) is 92.9 cm³/mol. The lowest BCUT2D eigenvalue weighted by atomic mass is 10.1. The van der Waals surface area contributed by atoms with Gasteiger partial charge in [-0.2, -0.15) is 11.8 Å². The lowest BCUT2D eigenvalue weighted by molar-refractivity contribution is 0.246. The van der Waals surface area contributed by atoms with Crippen molar-refractivity contribution in [3.05, 3.63) is 35.6 Å².